The van der Waals surface area contributed by atoms with E-state index in [9.17, 15) is 4.79 Å². The minimum Gasteiger partial charge on any atom is -0.469 e. The Labute approximate surface area is 200 Å². The lowest BCUT2D eigenvalue weighted by molar-refractivity contribution is -0.140. The van der Waals surface area contributed by atoms with Crippen LogP contribution in [-0.2, 0) is 9.53 Å². The molecule has 3 aromatic rings. The summed E-state index contributed by atoms with van der Waals surface area (Å²) in [6.45, 7) is 7.10. The SMILES string of the molecule is COC(=O)CCCN1C(=S)N[C@@H](c2ccccn2)[C@H]1c1cc(C)n(-c2ccccc2C)c1C. The molecular weight excluding hydrogens is 432 g/mol. The number of methoxy groups -OCH3 is 1. The van der Waals surface area contributed by atoms with Gasteiger partial charge in [-0.1, -0.05) is 24.3 Å². The number of ether oxygens (including phenoxy) is 1. The van der Waals surface area contributed by atoms with Gasteiger partial charge in [0.1, 0.15) is 0 Å². The van der Waals surface area contributed by atoms with Crippen molar-refractivity contribution in [1.82, 2.24) is 19.8 Å². The molecule has 1 fully saturated rings. The van der Waals surface area contributed by atoms with Crippen molar-refractivity contribution in [2.75, 3.05) is 13.7 Å². The number of carbonyl (C=O) groups is 1. The van der Waals surface area contributed by atoms with Crippen LogP contribution in [-0.4, -0.2) is 39.2 Å². The van der Waals surface area contributed by atoms with Gasteiger partial charge in [-0.3, -0.25) is 9.78 Å². The third-order valence-corrected chi connectivity index (χ3v) is 6.70. The fraction of sp³-hybridized carbons (Fsp3) is 0.346. The average Bonchev–Trinajstić information content (AvgIpc) is 3.30. The number of pyridine rings is 1. The van der Waals surface area contributed by atoms with Gasteiger partial charge in [-0.05, 0) is 74.8 Å². The maximum Gasteiger partial charge on any atom is 0.305 e. The highest BCUT2D eigenvalue weighted by Gasteiger charge is 2.41. The van der Waals surface area contributed by atoms with Crippen molar-refractivity contribution < 1.29 is 9.53 Å². The average molecular weight is 463 g/mol. The van der Waals surface area contributed by atoms with Crippen LogP contribution in [0.1, 0.15) is 53.1 Å². The van der Waals surface area contributed by atoms with Crippen molar-refractivity contribution >= 4 is 23.3 Å². The van der Waals surface area contributed by atoms with Crippen LogP contribution in [0.4, 0.5) is 0 Å². The number of carbonyl (C=O) groups excluding carboxylic acids is 1. The lowest BCUT2D eigenvalue weighted by atomic mass is 9.96. The molecule has 1 aliphatic heterocycles. The highest BCUT2D eigenvalue weighted by molar-refractivity contribution is 7.80. The first-order valence-electron chi connectivity index (χ1n) is 11.2. The molecule has 0 unspecified atom stereocenters. The summed E-state index contributed by atoms with van der Waals surface area (Å²) >= 11 is 5.76. The van der Waals surface area contributed by atoms with E-state index in [0.29, 0.717) is 24.5 Å². The van der Waals surface area contributed by atoms with E-state index in [4.69, 9.17) is 17.0 Å². The van der Waals surface area contributed by atoms with E-state index in [1.807, 2.05) is 24.4 Å². The molecule has 6 nitrogen and oxygen atoms in total. The molecule has 0 amide bonds. The summed E-state index contributed by atoms with van der Waals surface area (Å²) < 4.78 is 7.14. The molecule has 0 radical (unpaired) electrons. The fourth-order valence-electron chi connectivity index (χ4n) is 4.75. The molecule has 33 heavy (non-hydrogen) atoms. The molecule has 2 atom stereocenters. The lowest BCUT2D eigenvalue weighted by Crippen LogP contribution is -2.31. The van der Waals surface area contributed by atoms with E-state index in [2.05, 4.69) is 70.9 Å². The van der Waals surface area contributed by atoms with Gasteiger partial charge in [0, 0.05) is 36.2 Å². The lowest BCUT2D eigenvalue weighted by Gasteiger charge is -2.28. The Hall–Kier alpha value is -3.19. The number of para-hydroxylation sites is 1. The summed E-state index contributed by atoms with van der Waals surface area (Å²) in [5.41, 5.74) is 6.90. The summed E-state index contributed by atoms with van der Waals surface area (Å²) in [6, 6.07) is 16.5. The number of esters is 1. The molecule has 0 spiro atoms. The van der Waals surface area contributed by atoms with Crippen molar-refractivity contribution in [2.24, 2.45) is 0 Å². The van der Waals surface area contributed by atoms with Gasteiger partial charge in [-0.25, -0.2) is 0 Å². The van der Waals surface area contributed by atoms with Gasteiger partial charge < -0.3 is 19.5 Å². The van der Waals surface area contributed by atoms with Crippen molar-refractivity contribution in [3.8, 4) is 5.69 Å². The second kappa shape index (κ2) is 9.75. The summed E-state index contributed by atoms with van der Waals surface area (Å²) in [5, 5.41) is 4.18. The van der Waals surface area contributed by atoms with Crippen LogP contribution in [0.25, 0.3) is 5.69 Å². The van der Waals surface area contributed by atoms with E-state index >= 15 is 0 Å². The van der Waals surface area contributed by atoms with Crippen LogP contribution in [0.15, 0.2) is 54.7 Å². The normalized spacial score (nSPS) is 17.8. The van der Waals surface area contributed by atoms with E-state index in [1.54, 1.807) is 0 Å². The molecule has 1 N–H and O–H groups in total. The van der Waals surface area contributed by atoms with Crippen LogP contribution in [0.3, 0.4) is 0 Å². The Morgan fingerprint density at radius 3 is 2.61 bits per heavy atom. The number of aromatic nitrogens is 2. The van der Waals surface area contributed by atoms with Gasteiger partial charge in [0.15, 0.2) is 5.11 Å². The number of nitrogens with zero attached hydrogens (tertiary/aromatic N) is 3. The number of hydrogen-bond acceptors (Lipinski definition) is 4. The quantitative estimate of drug-likeness (QED) is 0.405. The zero-order valence-corrected chi connectivity index (χ0v) is 20.4. The van der Waals surface area contributed by atoms with Crippen LogP contribution in [0.5, 0.6) is 0 Å². The number of hydrogen-bond donors (Lipinski definition) is 1. The first kappa shape index (κ1) is 23.0. The monoisotopic (exact) mass is 462 g/mol. The number of nitrogens with one attached hydrogen (secondary N) is 1. The number of thiocarbonyl (C=S) groups is 1. The predicted molar refractivity (Wildman–Crippen MR) is 133 cm³/mol. The van der Waals surface area contributed by atoms with E-state index in [-0.39, 0.29) is 18.1 Å². The summed E-state index contributed by atoms with van der Waals surface area (Å²) in [6.07, 6.45) is 2.84. The molecule has 0 saturated carbocycles. The molecule has 7 heteroatoms. The highest BCUT2D eigenvalue weighted by atomic mass is 32.1. The Morgan fingerprint density at radius 2 is 1.91 bits per heavy atom. The predicted octanol–water partition coefficient (Wildman–Crippen LogP) is 4.72. The third kappa shape index (κ3) is 4.50. The Bertz CT molecular complexity index is 1160. The molecule has 1 aliphatic rings. The van der Waals surface area contributed by atoms with E-state index < -0.39 is 0 Å². The molecular formula is C26H30N4O2S. The van der Waals surface area contributed by atoms with E-state index in [0.717, 1.165) is 5.69 Å². The topological polar surface area (TPSA) is 59.4 Å². The van der Waals surface area contributed by atoms with Crippen molar-refractivity contribution in [3.63, 3.8) is 0 Å². The minimum atomic E-state index is -0.205. The van der Waals surface area contributed by atoms with Gasteiger partial charge in [0.25, 0.3) is 0 Å². The van der Waals surface area contributed by atoms with Crippen molar-refractivity contribution in [3.05, 3.63) is 82.9 Å². The third-order valence-electron chi connectivity index (χ3n) is 6.35. The van der Waals surface area contributed by atoms with Gasteiger partial charge in [0.2, 0.25) is 0 Å². The highest BCUT2D eigenvalue weighted by Crippen LogP contribution is 2.41. The maximum absolute atomic E-state index is 11.7. The Kier molecular flexibility index (Phi) is 6.79. The second-order valence-electron chi connectivity index (χ2n) is 8.45. The van der Waals surface area contributed by atoms with Gasteiger partial charge >= 0.3 is 5.97 Å². The molecule has 1 aromatic carbocycles. The molecule has 2 aromatic heterocycles. The molecule has 0 bridgehead atoms. The largest absolute Gasteiger partial charge is 0.469 e. The first-order chi connectivity index (χ1) is 15.9. The number of benzene rings is 1. The van der Waals surface area contributed by atoms with Gasteiger partial charge in [-0.2, -0.15) is 0 Å². The zero-order valence-electron chi connectivity index (χ0n) is 19.5. The summed E-state index contributed by atoms with van der Waals surface area (Å²) in [7, 11) is 1.42. The summed E-state index contributed by atoms with van der Waals surface area (Å²) in [4.78, 5) is 18.5. The standard InChI is InChI=1S/C26H30N4O2S/c1-17-10-5-6-12-22(17)30-18(2)16-20(19(30)3)25-24(21-11-7-8-14-27-21)28-26(33)29(25)15-9-13-23(31)32-4/h5-8,10-12,14,16,24-25H,9,13,15H2,1-4H3,(H,28,33)/t24-,25+/m0/s1. The maximum atomic E-state index is 11.7. The summed E-state index contributed by atoms with van der Waals surface area (Å²) in [5.74, 6) is -0.205. The molecule has 172 valence electrons. The smallest absolute Gasteiger partial charge is 0.305 e. The molecule has 4 rings (SSSR count). The van der Waals surface area contributed by atoms with Crippen LogP contribution in [0, 0.1) is 20.8 Å². The van der Waals surface area contributed by atoms with Crippen LogP contribution in [0.2, 0.25) is 0 Å². The Morgan fingerprint density at radius 1 is 1.15 bits per heavy atom. The van der Waals surface area contributed by atoms with E-state index in [1.165, 1.54) is 35.3 Å². The number of aryl methyl sites for hydroxylation is 2. The van der Waals surface area contributed by atoms with Gasteiger partial charge in [-0.15, -0.1) is 0 Å². The zero-order chi connectivity index (χ0) is 23.5. The molecule has 1 saturated heterocycles. The number of rotatable bonds is 7. The fourth-order valence-corrected chi connectivity index (χ4v) is 5.08. The Balaban J connectivity index is 1.76. The van der Waals surface area contributed by atoms with Crippen LogP contribution < -0.4 is 5.32 Å². The van der Waals surface area contributed by atoms with Crippen molar-refractivity contribution in [2.45, 2.75) is 45.7 Å². The van der Waals surface area contributed by atoms with Crippen molar-refractivity contribution in [1.29, 1.82) is 0 Å². The second-order valence-corrected chi connectivity index (χ2v) is 8.83. The first-order valence-corrected chi connectivity index (χ1v) is 11.6. The van der Waals surface area contributed by atoms with Gasteiger partial charge in [0.05, 0.1) is 24.9 Å². The minimum absolute atomic E-state index is 0.0333. The van der Waals surface area contributed by atoms with Crippen LogP contribution >= 0.6 is 12.2 Å². The molecule has 0 aliphatic carbocycles. The molecule has 3 heterocycles.